The number of carboxylic acid groups (broad SMARTS) is 1. The van der Waals surface area contributed by atoms with E-state index in [1.807, 2.05) is 0 Å². The van der Waals surface area contributed by atoms with Gasteiger partial charge in [0.2, 0.25) is 0 Å². The molecule has 7 heteroatoms. The molecule has 0 heterocycles. The Labute approximate surface area is 118 Å². The van der Waals surface area contributed by atoms with Crippen LogP contribution < -0.4 is 4.74 Å². The lowest BCUT2D eigenvalue weighted by Crippen LogP contribution is -2.11. The van der Waals surface area contributed by atoms with Crippen molar-refractivity contribution in [1.82, 2.24) is 0 Å². The van der Waals surface area contributed by atoms with E-state index in [0.717, 1.165) is 12.1 Å². The number of aromatic hydroxyl groups is 3. The number of carbonyl (C=O) groups is 2. The summed E-state index contributed by atoms with van der Waals surface area (Å²) in [7, 11) is 0. The fourth-order valence-electron chi connectivity index (χ4n) is 1.61. The molecule has 0 aliphatic heterocycles. The molecule has 4 N–H and O–H groups in total. The third-order valence-electron chi connectivity index (χ3n) is 2.63. The summed E-state index contributed by atoms with van der Waals surface area (Å²) in [5.74, 6) is -4.61. The molecule has 108 valence electrons. The van der Waals surface area contributed by atoms with Gasteiger partial charge in [0.15, 0.2) is 17.2 Å². The monoisotopic (exact) mass is 290 g/mol. The molecule has 0 spiro atoms. The number of phenolic OH excluding ortho intramolecular Hbond substituents is 3. The van der Waals surface area contributed by atoms with Gasteiger partial charge in [0.1, 0.15) is 11.3 Å². The van der Waals surface area contributed by atoms with E-state index >= 15 is 0 Å². The van der Waals surface area contributed by atoms with E-state index in [9.17, 15) is 24.9 Å². The molecule has 2 aromatic carbocycles. The Morgan fingerprint density at radius 1 is 0.952 bits per heavy atom. The first-order valence-electron chi connectivity index (χ1n) is 5.69. The summed E-state index contributed by atoms with van der Waals surface area (Å²) in [4.78, 5) is 22.9. The van der Waals surface area contributed by atoms with Gasteiger partial charge in [-0.25, -0.2) is 9.59 Å². The number of esters is 1. The third-order valence-corrected chi connectivity index (χ3v) is 2.63. The van der Waals surface area contributed by atoms with Gasteiger partial charge in [-0.2, -0.15) is 0 Å². The number of para-hydroxylation sites is 1. The van der Waals surface area contributed by atoms with Crippen LogP contribution in [0.25, 0.3) is 0 Å². The first-order valence-corrected chi connectivity index (χ1v) is 5.69. The van der Waals surface area contributed by atoms with Crippen molar-refractivity contribution in [1.29, 1.82) is 0 Å². The highest BCUT2D eigenvalue weighted by Gasteiger charge is 2.18. The number of ether oxygens (including phenoxy) is 1. The molecule has 0 atom stereocenters. The van der Waals surface area contributed by atoms with E-state index < -0.39 is 29.2 Å². The molecule has 0 aliphatic rings. The predicted molar refractivity (Wildman–Crippen MR) is 69.8 cm³/mol. The number of benzene rings is 2. The fraction of sp³-hybridized carbons (Fsp3) is 0. The van der Waals surface area contributed by atoms with Gasteiger partial charge in [-0.15, -0.1) is 0 Å². The van der Waals surface area contributed by atoms with E-state index in [1.54, 1.807) is 0 Å². The second kappa shape index (κ2) is 5.41. The van der Waals surface area contributed by atoms with Crippen LogP contribution in [0.3, 0.4) is 0 Å². The minimum Gasteiger partial charge on any atom is -0.504 e. The van der Waals surface area contributed by atoms with Crippen LogP contribution >= 0.6 is 0 Å². The van der Waals surface area contributed by atoms with Crippen LogP contribution in [0.1, 0.15) is 20.7 Å². The molecular formula is C14H10O7. The topological polar surface area (TPSA) is 124 Å². The van der Waals surface area contributed by atoms with Crippen LogP contribution in [0.15, 0.2) is 36.4 Å². The standard InChI is InChI=1S/C14H10O7/c15-9-5-7(6-10(16)12(9)17)14(20)21-11-4-2-1-3-8(11)13(18)19/h1-6,15-17H,(H,18,19). The quantitative estimate of drug-likeness (QED) is 0.385. The summed E-state index contributed by atoms with van der Waals surface area (Å²) in [6, 6.07) is 7.29. The van der Waals surface area contributed by atoms with Gasteiger partial charge < -0.3 is 25.2 Å². The maximum absolute atomic E-state index is 11.9. The highest BCUT2D eigenvalue weighted by molar-refractivity contribution is 5.96. The molecule has 0 saturated carbocycles. The molecule has 7 nitrogen and oxygen atoms in total. The van der Waals surface area contributed by atoms with Crippen molar-refractivity contribution in [2.24, 2.45) is 0 Å². The van der Waals surface area contributed by atoms with Crippen molar-refractivity contribution in [3.63, 3.8) is 0 Å². The molecule has 0 fully saturated rings. The molecule has 0 saturated heterocycles. The maximum atomic E-state index is 11.9. The van der Waals surface area contributed by atoms with Crippen molar-refractivity contribution in [2.75, 3.05) is 0 Å². The van der Waals surface area contributed by atoms with Gasteiger partial charge >= 0.3 is 11.9 Å². The van der Waals surface area contributed by atoms with Gasteiger partial charge in [0.25, 0.3) is 0 Å². The normalized spacial score (nSPS) is 10.1. The van der Waals surface area contributed by atoms with E-state index in [1.165, 1.54) is 24.3 Å². The van der Waals surface area contributed by atoms with E-state index in [0.29, 0.717) is 0 Å². The highest BCUT2D eigenvalue weighted by Crippen LogP contribution is 2.35. The Morgan fingerprint density at radius 2 is 1.52 bits per heavy atom. The Hall–Kier alpha value is -3.22. The van der Waals surface area contributed by atoms with Crippen LogP contribution in [0.2, 0.25) is 0 Å². The Bertz CT molecular complexity index is 698. The lowest BCUT2D eigenvalue weighted by molar-refractivity contribution is 0.0681. The number of hydrogen-bond donors (Lipinski definition) is 4. The number of carbonyl (C=O) groups excluding carboxylic acids is 1. The van der Waals surface area contributed by atoms with Crippen LogP contribution in [0.5, 0.6) is 23.0 Å². The molecular weight excluding hydrogens is 280 g/mol. The number of rotatable bonds is 3. The Morgan fingerprint density at radius 3 is 2.10 bits per heavy atom. The van der Waals surface area contributed by atoms with Crippen molar-refractivity contribution < 1.29 is 34.8 Å². The van der Waals surface area contributed by atoms with Gasteiger partial charge in [-0.05, 0) is 24.3 Å². The average Bonchev–Trinajstić information content (AvgIpc) is 2.44. The fourth-order valence-corrected chi connectivity index (χ4v) is 1.61. The highest BCUT2D eigenvalue weighted by atomic mass is 16.5. The summed E-state index contributed by atoms with van der Waals surface area (Å²) in [6.07, 6.45) is 0. The zero-order valence-corrected chi connectivity index (χ0v) is 10.5. The average molecular weight is 290 g/mol. The van der Waals surface area contributed by atoms with Gasteiger partial charge in [0.05, 0.1) is 5.56 Å². The van der Waals surface area contributed by atoms with Gasteiger partial charge in [-0.1, -0.05) is 12.1 Å². The summed E-state index contributed by atoms with van der Waals surface area (Å²) < 4.78 is 4.92. The molecule has 0 aromatic heterocycles. The van der Waals surface area contributed by atoms with Crippen molar-refractivity contribution in [3.05, 3.63) is 47.5 Å². The Kier molecular flexibility index (Phi) is 3.66. The number of aromatic carboxylic acids is 1. The van der Waals surface area contributed by atoms with Crippen molar-refractivity contribution in [2.45, 2.75) is 0 Å². The zero-order valence-electron chi connectivity index (χ0n) is 10.5. The van der Waals surface area contributed by atoms with Crippen LogP contribution in [-0.2, 0) is 0 Å². The summed E-state index contributed by atoms with van der Waals surface area (Å²) in [5.41, 5.74) is -0.457. The number of carboxylic acids is 1. The lowest BCUT2D eigenvalue weighted by Gasteiger charge is -2.08. The predicted octanol–water partition coefficient (Wildman–Crippen LogP) is 1.72. The van der Waals surface area contributed by atoms with Crippen molar-refractivity contribution in [3.8, 4) is 23.0 Å². The minimum absolute atomic E-state index is 0.179. The van der Waals surface area contributed by atoms with E-state index in [2.05, 4.69) is 0 Å². The van der Waals surface area contributed by atoms with Crippen LogP contribution in [0.4, 0.5) is 0 Å². The molecule has 21 heavy (non-hydrogen) atoms. The summed E-state index contributed by atoms with van der Waals surface area (Å²) >= 11 is 0. The maximum Gasteiger partial charge on any atom is 0.343 e. The smallest absolute Gasteiger partial charge is 0.343 e. The van der Waals surface area contributed by atoms with Crippen LogP contribution in [0, 0.1) is 0 Å². The minimum atomic E-state index is -1.27. The second-order valence-electron chi connectivity index (χ2n) is 4.05. The van der Waals surface area contributed by atoms with E-state index in [-0.39, 0.29) is 16.9 Å². The number of phenols is 3. The lowest BCUT2D eigenvalue weighted by atomic mass is 10.1. The largest absolute Gasteiger partial charge is 0.504 e. The molecule has 2 aromatic rings. The van der Waals surface area contributed by atoms with Gasteiger partial charge in [0, 0.05) is 0 Å². The van der Waals surface area contributed by atoms with Gasteiger partial charge in [-0.3, -0.25) is 0 Å². The summed E-state index contributed by atoms with van der Waals surface area (Å²) in [5, 5.41) is 36.8. The first-order chi connectivity index (χ1) is 9.90. The summed E-state index contributed by atoms with van der Waals surface area (Å²) in [6.45, 7) is 0. The second-order valence-corrected chi connectivity index (χ2v) is 4.05. The molecule has 0 unspecified atom stereocenters. The molecule has 2 rings (SSSR count). The van der Waals surface area contributed by atoms with Crippen LogP contribution in [-0.4, -0.2) is 32.4 Å². The van der Waals surface area contributed by atoms with E-state index in [4.69, 9.17) is 9.84 Å². The molecule has 0 bridgehead atoms. The SMILES string of the molecule is O=C(Oc1ccccc1C(=O)O)c1cc(O)c(O)c(O)c1. The third kappa shape index (κ3) is 2.86. The molecule has 0 aliphatic carbocycles. The molecule has 0 radical (unpaired) electrons. The Balaban J connectivity index is 2.33. The first kappa shape index (κ1) is 14.2. The zero-order chi connectivity index (χ0) is 15.6. The van der Waals surface area contributed by atoms with Crippen molar-refractivity contribution >= 4 is 11.9 Å². The number of hydrogen-bond acceptors (Lipinski definition) is 6. The molecule has 0 amide bonds.